The van der Waals surface area contributed by atoms with E-state index in [2.05, 4.69) is 20.8 Å². The molecular formula is C16H20N4O2. The molecular weight excluding hydrogens is 280 g/mol. The Morgan fingerprint density at radius 3 is 2.86 bits per heavy atom. The Bertz CT molecular complexity index is 622. The largest absolute Gasteiger partial charge is 0.343 e. The van der Waals surface area contributed by atoms with Crippen LogP contribution in [0.1, 0.15) is 43.1 Å². The molecule has 2 aromatic rings. The summed E-state index contributed by atoms with van der Waals surface area (Å²) in [5.74, 6) is 1.01. The Labute approximate surface area is 129 Å². The third kappa shape index (κ3) is 4.14. The Kier molecular flexibility index (Phi) is 4.48. The van der Waals surface area contributed by atoms with Gasteiger partial charge in [0.15, 0.2) is 5.82 Å². The van der Waals surface area contributed by atoms with Crippen molar-refractivity contribution in [3.63, 3.8) is 0 Å². The molecule has 1 aliphatic rings. The van der Waals surface area contributed by atoms with Gasteiger partial charge in [-0.25, -0.2) is 0 Å². The van der Waals surface area contributed by atoms with Crippen LogP contribution in [-0.4, -0.2) is 28.6 Å². The predicted octanol–water partition coefficient (Wildman–Crippen LogP) is 1.59. The van der Waals surface area contributed by atoms with Crippen LogP contribution in [0.4, 0.5) is 0 Å². The molecule has 6 heteroatoms. The molecule has 0 bridgehead atoms. The summed E-state index contributed by atoms with van der Waals surface area (Å²) in [6.07, 6.45) is 2.94. The number of nitrogens with one attached hydrogen (secondary N) is 2. The summed E-state index contributed by atoms with van der Waals surface area (Å²) >= 11 is 0. The number of aromatic nitrogens is 2. The van der Waals surface area contributed by atoms with Crippen LogP contribution >= 0.6 is 0 Å². The summed E-state index contributed by atoms with van der Waals surface area (Å²) in [7, 11) is 0. The van der Waals surface area contributed by atoms with Crippen LogP contribution in [0.25, 0.3) is 0 Å². The zero-order valence-electron chi connectivity index (χ0n) is 12.6. The van der Waals surface area contributed by atoms with Crippen LogP contribution in [0, 0.1) is 0 Å². The van der Waals surface area contributed by atoms with E-state index in [0.717, 1.165) is 18.4 Å². The first-order valence-electron chi connectivity index (χ1n) is 7.60. The van der Waals surface area contributed by atoms with Crippen LogP contribution in [-0.2, 0) is 11.2 Å². The predicted molar refractivity (Wildman–Crippen MR) is 81.1 cm³/mol. The molecule has 0 aliphatic heterocycles. The van der Waals surface area contributed by atoms with Gasteiger partial charge in [-0.15, -0.1) is 0 Å². The summed E-state index contributed by atoms with van der Waals surface area (Å²) < 4.78 is 5.24. The van der Waals surface area contributed by atoms with Crippen molar-refractivity contribution in [2.24, 2.45) is 0 Å². The maximum absolute atomic E-state index is 11.8. The van der Waals surface area contributed by atoms with E-state index in [4.69, 9.17) is 4.52 Å². The van der Waals surface area contributed by atoms with Crippen molar-refractivity contribution in [2.45, 2.75) is 38.3 Å². The van der Waals surface area contributed by atoms with Gasteiger partial charge in [-0.3, -0.25) is 4.79 Å². The molecule has 3 rings (SSSR count). The van der Waals surface area contributed by atoms with Gasteiger partial charge in [0.25, 0.3) is 0 Å². The van der Waals surface area contributed by atoms with E-state index in [1.807, 2.05) is 37.3 Å². The molecule has 1 atom stereocenters. The van der Waals surface area contributed by atoms with Crippen molar-refractivity contribution in [1.82, 2.24) is 20.8 Å². The lowest BCUT2D eigenvalue weighted by molar-refractivity contribution is -0.121. The van der Waals surface area contributed by atoms with Gasteiger partial charge < -0.3 is 15.2 Å². The number of hydrogen-bond acceptors (Lipinski definition) is 5. The van der Waals surface area contributed by atoms with Crippen molar-refractivity contribution in [2.75, 3.05) is 6.54 Å². The number of carbonyl (C=O) groups excluding carboxylic acids is 1. The summed E-state index contributed by atoms with van der Waals surface area (Å²) in [5, 5.41) is 10.0. The molecule has 0 radical (unpaired) electrons. The molecule has 1 saturated carbocycles. The molecule has 6 nitrogen and oxygen atoms in total. The molecule has 1 aromatic heterocycles. The lowest BCUT2D eigenvalue weighted by Gasteiger charge is -2.09. The number of carbonyl (C=O) groups is 1. The molecule has 0 spiro atoms. The van der Waals surface area contributed by atoms with E-state index in [0.29, 0.717) is 30.7 Å². The fraction of sp³-hybridized carbons (Fsp3) is 0.438. The Balaban J connectivity index is 1.52. The van der Waals surface area contributed by atoms with E-state index in [1.165, 1.54) is 0 Å². The van der Waals surface area contributed by atoms with Gasteiger partial charge >= 0.3 is 0 Å². The lowest BCUT2D eigenvalue weighted by atomic mass is 10.1. The Morgan fingerprint density at radius 1 is 1.36 bits per heavy atom. The van der Waals surface area contributed by atoms with Gasteiger partial charge in [-0.2, -0.15) is 4.98 Å². The van der Waals surface area contributed by atoms with Crippen LogP contribution in [0.2, 0.25) is 0 Å². The molecule has 1 heterocycles. The Morgan fingerprint density at radius 2 is 2.14 bits per heavy atom. The highest BCUT2D eigenvalue weighted by molar-refractivity contribution is 5.78. The van der Waals surface area contributed by atoms with Gasteiger partial charge in [-0.1, -0.05) is 35.5 Å². The van der Waals surface area contributed by atoms with Gasteiger partial charge in [0.1, 0.15) is 6.04 Å². The minimum absolute atomic E-state index is 0.0535. The van der Waals surface area contributed by atoms with Crippen LogP contribution in [0.15, 0.2) is 34.9 Å². The molecule has 1 amide bonds. The maximum atomic E-state index is 11.8. The summed E-state index contributed by atoms with van der Waals surface area (Å²) in [4.78, 5) is 16.1. The standard InChI is InChI=1S/C16H20N4O2/c1-11(18-15(21)10-17-13-7-8-13)16-19-14(20-22-16)9-12-5-3-2-4-6-12/h2-6,11,13,17H,7-10H2,1H3,(H,18,21). The average molecular weight is 300 g/mol. The van der Waals surface area contributed by atoms with Gasteiger partial charge in [0, 0.05) is 12.5 Å². The summed E-state index contributed by atoms with van der Waals surface area (Å²) in [6.45, 7) is 2.18. The molecule has 2 N–H and O–H groups in total. The summed E-state index contributed by atoms with van der Waals surface area (Å²) in [5.41, 5.74) is 1.13. The van der Waals surface area contributed by atoms with E-state index in [-0.39, 0.29) is 11.9 Å². The minimum Gasteiger partial charge on any atom is -0.343 e. The van der Waals surface area contributed by atoms with E-state index in [1.54, 1.807) is 0 Å². The van der Waals surface area contributed by atoms with Gasteiger partial charge in [0.2, 0.25) is 11.8 Å². The molecule has 1 aliphatic carbocycles. The third-order valence-corrected chi connectivity index (χ3v) is 3.57. The first-order valence-corrected chi connectivity index (χ1v) is 7.60. The fourth-order valence-electron chi connectivity index (χ4n) is 2.17. The summed E-state index contributed by atoms with van der Waals surface area (Å²) in [6, 6.07) is 10.2. The first kappa shape index (κ1) is 14.7. The van der Waals surface area contributed by atoms with E-state index >= 15 is 0 Å². The monoisotopic (exact) mass is 300 g/mol. The second-order valence-electron chi connectivity index (χ2n) is 5.66. The highest BCUT2D eigenvalue weighted by Crippen LogP contribution is 2.18. The second kappa shape index (κ2) is 6.70. The van der Waals surface area contributed by atoms with Crippen molar-refractivity contribution in [3.05, 3.63) is 47.6 Å². The van der Waals surface area contributed by atoms with Gasteiger partial charge in [0.05, 0.1) is 6.54 Å². The molecule has 1 aromatic carbocycles. The first-order chi connectivity index (χ1) is 10.7. The fourth-order valence-corrected chi connectivity index (χ4v) is 2.17. The third-order valence-electron chi connectivity index (χ3n) is 3.57. The van der Waals surface area contributed by atoms with E-state index in [9.17, 15) is 4.79 Å². The van der Waals surface area contributed by atoms with Gasteiger partial charge in [-0.05, 0) is 25.3 Å². The van der Waals surface area contributed by atoms with Crippen LogP contribution < -0.4 is 10.6 Å². The van der Waals surface area contributed by atoms with E-state index < -0.39 is 0 Å². The zero-order chi connectivity index (χ0) is 15.4. The number of rotatable bonds is 7. The Hall–Kier alpha value is -2.21. The highest BCUT2D eigenvalue weighted by Gasteiger charge is 2.22. The maximum Gasteiger partial charge on any atom is 0.248 e. The average Bonchev–Trinajstić information content (AvgIpc) is 3.24. The van der Waals surface area contributed by atoms with Crippen molar-refractivity contribution in [1.29, 1.82) is 0 Å². The van der Waals surface area contributed by atoms with Crippen molar-refractivity contribution < 1.29 is 9.32 Å². The van der Waals surface area contributed by atoms with Crippen LogP contribution in [0.5, 0.6) is 0 Å². The van der Waals surface area contributed by atoms with Crippen molar-refractivity contribution >= 4 is 5.91 Å². The molecule has 0 saturated heterocycles. The quantitative estimate of drug-likeness (QED) is 0.811. The molecule has 1 fully saturated rings. The SMILES string of the molecule is CC(NC(=O)CNC1CC1)c1nc(Cc2ccccc2)no1. The van der Waals surface area contributed by atoms with Crippen molar-refractivity contribution in [3.8, 4) is 0 Å². The number of nitrogens with zero attached hydrogens (tertiary/aromatic N) is 2. The number of hydrogen-bond donors (Lipinski definition) is 2. The van der Waals surface area contributed by atoms with Crippen LogP contribution in [0.3, 0.4) is 0 Å². The smallest absolute Gasteiger partial charge is 0.248 e. The topological polar surface area (TPSA) is 80.0 Å². The second-order valence-corrected chi connectivity index (χ2v) is 5.66. The minimum atomic E-state index is -0.287. The molecule has 1 unspecified atom stereocenters. The lowest BCUT2D eigenvalue weighted by Crippen LogP contribution is -2.36. The zero-order valence-corrected chi connectivity index (χ0v) is 12.6. The number of amides is 1. The molecule has 116 valence electrons. The molecule has 22 heavy (non-hydrogen) atoms. The number of benzene rings is 1. The normalized spacial score (nSPS) is 15.5. The highest BCUT2D eigenvalue weighted by atomic mass is 16.5.